The zero-order valence-electron chi connectivity index (χ0n) is 7.27. The zero-order chi connectivity index (χ0) is 9.84. The van der Waals surface area contributed by atoms with Crippen LogP contribution in [0.3, 0.4) is 0 Å². The summed E-state index contributed by atoms with van der Waals surface area (Å²) in [5, 5.41) is 10.4. The Morgan fingerprint density at radius 3 is 2.69 bits per heavy atom. The zero-order valence-corrected chi connectivity index (χ0v) is 7.27. The Morgan fingerprint density at radius 2 is 2.38 bits per heavy atom. The first-order valence-corrected chi connectivity index (χ1v) is 3.83. The van der Waals surface area contributed by atoms with E-state index in [1.807, 2.05) is 0 Å². The van der Waals surface area contributed by atoms with Gasteiger partial charge in [-0.15, -0.1) is 0 Å². The van der Waals surface area contributed by atoms with Crippen LogP contribution in [0.4, 0.5) is 0 Å². The third kappa shape index (κ3) is 2.51. The number of nitrogens with two attached hydrogens (primary N) is 1. The van der Waals surface area contributed by atoms with E-state index in [4.69, 9.17) is 10.5 Å². The van der Waals surface area contributed by atoms with Crippen molar-refractivity contribution in [1.82, 2.24) is 0 Å². The average Bonchev–Trinajstić information content (AvgIpc) is 1.92. The summed E-state index contributed by atoms with van der Waals surface area (Å²) in [7, 11) is 0. The molecule has 6 heteroatoms. The van der Waals surface area contributed by atoms with Crippen LogP contribution in [-0.4, -0.2) is 30.4 Å². The number of nitro groups is 1. The molecule has 0 radical (unpaired) electrons. The van der Waals surface area contributed by atoms with E-state index in [0.717, 1.165) is 0 Å². The molecule has 2 N–H and O–H groups in total. The smallest absolute Gasteiger partial charge is 0.305 e. The molecule has 6 nitrogen and oxygen atoms in total. The van der Waals surface area contributed by atoms with Gasteiger partial charge in [0.15, 0.2) is 0 Å². The number of nitrogens with zero attached hydrogens (tertiary/aromatic N) is 2. The maximum absolute atomic E-state index is 10.4. The van der Waals surface area contributed by atoms with Crippen LogP contribution in [0.5, 0.6) is 0 Å². The standard InChI is InChI=1S/C7H11N3O3/c1-5(8)7(10(11)12)2-9-6-3-13-4-6/h2,6H,3-4,8H2,1H3. The third-order valence-electron chi connectivity index (χ3n) is 1.63. The number of ether oxygens (including phenoxy) is 1. The van der Waals surface area contributed by atoms with Crippen LogP contribution >= 0.6 is 0 Å². The van der Waals surface area contributed by atoms with Gasteiger partial charge in [-0.2, -0.15) is 0 Å². The summed E-state index contributed by atoms with van der Waals surface area (Å²) in [5.41, 5.74) is 5.31. The quantitative estimate of drug-likeness (QED) is 0.378. The van der Waals surface area contributed by atoms with Crippen molar-refractivity contribution in [2.75, 3.05) is 13.2 Å². The highest BCUT2D eigenvalue weighted by Gasteiger charge is 2.18. The molecule has 0 bridgehead atoms. The van der Waals surface area contributed by atoms with Crippen molar-refractivity contribution in [3.8, 4) is 0 Å². The highest BCUT2D eigenvalue weighted by Crippen LogP contribution is 2.05. The summed E-state index contributed by atoms with van der Waals surface area (Å²) in [5.74, 6) is 0. The molecule has 13 heavy (non-hydrogen) atoms. The van der Waals surface area contributed by atoms with Crippen molar-refractivity contribution in [3.63, 3.8) is 0 Å². The Labute approximate surface area is 75.2 Å². The van der Waals surface area contributed by atoms with Crippen LogP contribution in [0.2, 0.25) is 0 Å². The number of aliphatic imine (C=N–C) groups is 1. The summed E-state index contributed by atoms with van der Waals surface area (Å²) in [6, 6.07) is 0.0503. The van der Waals surface area contributed by atoms with Gasteiger partial charge in [-0.25, -0.2) is 0 Å². The normalized spacial score (nSPS) is 19.8. The van der Waals surface area contributed by atoms with Crippen molar-refractivity contribution in [1.29, 1.82) is 0 Å². The molecule has 1 rings (SSSR count). The first kappa shape index (κ1) is 9.66. The van der Waals surface area contributed by atoms with Crippen molar-refractivity contribution in [3.05, 3.63) is 21.5 Å². The minimum atomic E-state index is -0.543. The van der Waals surface area contributed by atoms with Gasteiger partial charge >= 0.3 is 5.70 Å². The van der Waals surface area contributed by atoms with Gasteiger partial charge in [0.05, 0.1) is 29.9 Å². The fraction of sp³-hybridized carbons (Fsp3) is 0.571. The molecule has 0 spiro atoms. The average molecular weight is 185 g/mol. The van der Waals surface area contributed by atoms with Gasteiger partial charge in [0.25, 0.3) is 0 Å². The predicted octanol–water partition coefficient (Wildman–Crippen LogP) is -0.0771. The third-order valence-corrected chi connectivity index (χ3v) is 1.63. The Bertz CT molecular complexity index is 264. The summed E-state index contributed by atoms with van der Waals surface area (Å²) >= 11 is 0. The van der Waals surface area contributed by atoms with Crippen LogP contribution < -0.4 is 5.73 Å². The molecule has 0 aromatic heterocycles. The molecule has 1 heterocycles. The van der Waals surface area contributed by atoms with E-state index in [9.17, 15) is 10.1 Å². The van der Waals surface area contributed by atoms with Crippen LogP contribution in [0.1, 0.15) is 6.92 Å². The second kappa shape index (κ2) is 3.99. The van der Waals surface area contributed by atoms with Gasteiger partial charge in [0, 0.05) is 0 Å². The fourth-order valence-electron chi connectivity index (χ4n) is 0.778. The molecule has 0 unspecified atom stereocenters. The molecular weight excluding hydrogens is 174 g/mol. The van der Waals surface area contributed by atoms with Crippen LogP contribution in [0.15, 0.2) is 16.4 Å². The summed E-state index contributed by atoms with van der Waals surface area (Å²) in [4.78, 5) is 13.8. The second-order valence-electron chi connectivity index (χ2n) is 2.79. The highest BCUT2D eigenvalue weighted by atomic mass is 16.6. The van der Waals surface area contributed by atoms with Crippen molar-refractivity contribution < 1.29 is 9.66 Å². The lowest BCUT2D eigenvalue weighted by atomic mass is 10.3. The summed E-state index contributed by atoms with van der Waals surface area (Å²) < 4.78 is 4.86. The molecule has 1 fully saturated rings. The number of rotatable bonds is 3. The lowest BCUT2D eigenvalue weighted by molar-refractivity contribution is -0.415. The Kier molecular flexibility index (Phi) is 2.97. The SMILES string of the molecule is CC(N)=C(C=NC1COC1)[N+](=O)[O-]. The van der Waals surface area contributed by atoms with Crippen molar-refractivity contribution in [2.24, 2.45) is 10.7 Å². The van der Waals surface area contributed by atoms with Crippen molar-refractivity contribution in [2.45, 2.75) is 13.0 Å². The number of allylic oxidation sites excluding steroid dienone is 2. The van der Waals surface area contributed by atoms with Gasteiger partial charge in [-0.1, -0.05) is 0 Å². The molecule has 0 aliphatic carbocycles. The molecule has 0 aromatic carbocycles. The van der Waals surface area contributed by atoms with Gasteiger partial charge in [-0.05, 0) is 6.92 Å². The van der Waals surface area contributed by atoms with E-state index in [2.05, 4.69) is 4.99 Å². The monoisotopic (exact) mass is 185 g/mol. The lowest BCUT2D eigenvalue weighted by Crippen LogP contribution is -2.31. The fourth-order valence-corrected chi connectivity index (χ4v) is 0.778. The lowest BCUT2D eigenvalue weighted by Gasteiger charge is -2.21. The van der Waals surface area contributed by atoms with Crippen LogP contribution in [-0.2, 0) is 4.74 Å². The molecule has 0 saturated carbocycles. The molecule has 1 aliphatic heterocycles. The van der Waals surface area contributed by atoms with Gasteiger partial charge < -0.3 is 10.5 Å². The molecule has 0 aromatic rings. The van der Waals surface area contributed by atoms with E-state index in [1.165, 1.54) is 13.1 Å². The molecule has 72 valence electrons. The second-order valence-corrected chi connectivity index (χ2v) is 2.79. The molecule has 1 saturated heterocycles. The van der Waals surface area contributed by atoms with E-state index in [0.29, 0.717) is 13.2 Å². The minimum Gasteiger partial charge on any atom is -0.397 e. The molecule has 1 aliphatic rings. The topological polar surface area (TPSA) is 90.8 Å². The minimum absolute atomic E-state index is 0.0503. The van der Waals surface area contributed by atoms with Crippen molar-refractivity contribution >= 4 is 6.21 Å². The largest absolute Gasteiger partial charge is 0.397 e. The summed E-state index contributed by atoms with van der Waals surface area (Å²) in [6.45, 7) is 2.54. The molecular formula is C7H11N3O3. The maximum Gasteiger partial charge on any atom is 0.305 e. The first-order chi connectivity index (χ1) is 6.11. The maximum atomic E-state index is 10.4. The highest BCUT2D eigenvalue weighted by molar-refractivity contribution is 5.76. The number of hydrogen-bond acceptors (Lipinski definition) is 5. The predicted molar refractivity (Wildman–Crippen MR) is 47.0 cm³/mol. The van der Waals surface area contributed by atoms with Gasteiger partial charge in [0.1, 0.15) is 6.21 Å². The first-order valence-electron chi connectivity index (χ1n) is 3.83. The van der Waals surface area contributed by atoms with Crippen LogP contribution in [0.25, 0.3) is 0 Å². The van der Waals surface area contributed by atoms with Gasteiger partial charge in [0.2, 0.25) is 0 Å². The Balaban J connectivity index is 2.62. The van der Waals surface area contributed by atoms with E-state index < -0.39 is 4.92 Å². The Hall–Kier alpha value is -1.43. The van der Waals surface area contributed by atoms with Gasteiger partial charge in [-0.3, -0.25) is 15.1 Å². The van der Waals surface area contributed by atoms with E-state index in [-0.39, 0.29) is 17.4 Å². The number of hydrogen-bond donors (Lipinski definition) is 1. The van der Waals surface area contributed by atoms with Crippen LogP contribution in [0, 0.1) is 10.1 Å². The molecule has 0 atom stereocenters. The van der Waals surface area contributed by atoms with E-state index >= 15 is 0 Å². The Morgan fingerprint density at radius 1 is 1.77 bits per heavy atom. The summed E-state index contributed by atoms with van der Waals surface area (Å²) in [6.07, 6.45) is 1.20. The molecule has 0 amide bonds. The van der Waals surface area contributed by atoms with E-state index in [1.54, 1.807) is 0 Å².